The van der Waals surface area contributed by atoms with Crippen LogP contribution in [0.5, 0.6) is 0 Å². The van der Waals surface area contributed by atoms with Crippen LogP contribution in [0.4, 0.5) is 5.69 Å². The lowest BCUT2D eigenvalue weighted by Gasteiger charge is -2.21. The Bertz CT molecular complexity index is 800. The molecule has 1 aromatic carbocycles. The summed E-state index contributed by atoms with van der Waals surface area (Å²) < 4.78 is 5.35. The number of ether oxygens (including phenoxy) is 1. The molecule has 0 aliphatic carbocycles. The first-order valence-electron chi connectivity index (χ1n) is 10.0. The van der Waals surface area contributed by atoms with E-state index in [2.05, 4.69) is 20.5 Å². The summed E-state index contributed by atoms with van der Waals surface area (Å²) >= 11 is 7.63. The van der Waals surface area contributed by atoms with Crippen molar-refractivity contribution in [1.82, 2.24) is 14.8 Å². The Kier molecular flexibility index (Phi) is 8.44. The van der Waals surface area contributed by atoms with Crippen LogP contribution >= 0.6 is 22.9 Å². The van der Waals surface area contributed by atoms with Gasteiger partial charge >= 0.3 is 0 Å². The van der Waals surface area contributed by atoms with Gasteiger partial charge in [0.1, 0.15) is 11.1 Å². The molecule has 1 fully saturated rings. The molecule has 2 heterocycles. The first-order valence-corrected chi connectivity index (χ1v) is 11.3. The zero-order chi connectivity index (χ0) is 20.6. The van der Waals surface area contributed by atoms with Crippen molar-refractivity contribution in [3.63, 3.8) is 0 Å². The Labute approximate surface area is 181 Å². The topological polar surface area (TPSA) is 57.7 Å². The first-order chi connectivity index (χ1) is 14.0. The highest BCUT2D eigenvalue weighted by molar-refractivity contribution is 7.09. The zero-order valence-corrected chi connectivity index (χ0v) is 18.6. The number of anilines is 1. The van der Waals surface area contributed by atoms with E-state index >= 15 is 0 Å². The summed E-state index contributed by atoms with van der Waals surface area (Å²) in [6, 6.07) is 7.25. The molecule has 0 radical (unpaired) electrons. The molecule has 1 saturated heterocycles. The quantitative estimate of drug-likeness (QED) is 0.676. The van der Waals surface area contributed by atoms with Crippen molar-refractivity contribution < 1.29 is 9.53 Å². The molecule has 1 aliphatic heterocycles. The molecule has 0 spiro atoms. The molecular formula is C21H29ClN4O2S. The van der Waals surface area contributed by atoms with Crippen LogP contribution in [-0.4, -0.2) is 60.5 Å². The minimum absolute atomic E-state index is 0.0237. The molecule has 1 unspecified atom stereocenters. The molecule has 29 heavy (non-hydrogen) atoms. The Morgan fingerprint density at radius 1 is 1.31 bits per heavy atom. The maximum atomic E-state index is 12.2. The Hall–Kier alpha value is -1.51. The maximum Gasteiger partial charge on any atom is 0.225 e. The lowest BCUT2D eigenvalue weighted by atomic mass is 10.3. The van der Waals surface area contributed by atoms with Crippen LogP contribution in [0, 0.1) is 0 Å². The van der Waals surface area contributed by atoms with E-state index in [0.29, 0.717) is 11.4 Å². The predicted molar refractivity (Wildman–Crippen MR) is 119 cm³/mol. The SMILES string of the molecule is COC(C)c1nc(CN2CCCN(CCC(=O)Nc3cccc(Cl)c3)CC2)cs1. The molecule has 0 saturated carbocycles. The van der Waals surface area contributed by atoms with Crippen molar-refractivity contribution >= 4 is 34.5 Å². The van der Waals surface area contributed by atoms with Crippen LogP contribution in [0.25, 0.3) is 0 Å². The van der Waals surface area contributed by atoms with Crippen molar-refractivity contribution in [3.8, 4) is 0 Å². The average Bonchev–Trinajstić information content (AvgIpc) is 3.05. The van der Waals surface area contributed by atoms with Gasteiger partial charge in [0.2, 0.25) is 5.91 Å². The van der Waals surface area contributed by atoms with Gasteiger partial charge in [-0.05, 0) is 44.6 Å². The van der Waals surface area contributed by atoms with Crippen molar-refractivity contribution in [2.75, 3.05) is 45.2 Å². The number of methoxy groups -OCH3 is 1. The predicted octanol–water partition coefficient (Wildman–Crippen LogP) is 4.04. The minimum atomic E-state index is 0.0237. The monoisotopic (exact) mass is 436 g/mol. The number of amides is 1. The van der Waals surface area contributed by atoms with E-state index in [1.807, 2.05) is 19.1 Å². The lowest BCUT2D eigenvalue weighted by molar-refractivity contribution is -0.116. The number of rotatable bonds is 8. The molecular weight excluding hydrogens is 408 g/mol. The van der Waals surface area contributed by atoms with Crippen molar-refractivity contribution in [2.24, 2.45) is 0 Å². The van der Waals surface area contributed by atoms with Crippen molar-refractivity contribution in [1.29, 1.82) is 0 Å². The molecule has 1 aliphatic rings. The molecule has 6 nitrogen and oxygen atoms in total. The fourth-order valence-corrected chi connectivity index (χ4v) is 4.40. The number of thiazole rings is 1. The number of nitrogens with zero attached hydrogens (tertiary/aromatic N) is 3. The van der Waals surface area contributed by atoms with Gasteiger partial charge in [-0.2, -0.15) is 0 Å². The van der Waals surface area contributed by atoms with Gasteiger partial charge in [0, 0.05) is 55.8 Å². The smallest absolute Gasteiger partial charge is 0.225 e. The van der Waals surface area contributed by atoms with Crippen LogP contribution in [0.2, 0.25) is 5.02 Å². The number of hydrogen-bond acceptors (Lipinski definition) is 6. The van der Waals surface area contributed by atoms with E-state index in [0.717, 1.165) is 62.1 Å². The molecule has 158 valence electrons. The Morgan fingerprint density at radius 3 is 2.90 bits per heavy atom. The third-order valence-electron chi connectivity index (χ3n) is 5.10. The van der Waals surface area contributed by atoms with Crippen LogP contribution < -0.4 is 5.32 Å². The molecule has 3 rings (SSSR count). The van der Waals surface area contributed by atoms with Gasteiger partial charge in [-0.25, -0.2) is 4.98 Å². The molecule has 1 atom stereocenters. The third kappa shape index (κ3) is 7.04. The fraction of sp³-hybridized carbons (Fsp3) is 0.524. The second kappa shape index (κ2) is 11.0. The summed E-state index contributed by atoms with van der Waals surface area (Å²) in [5, 5.41) is 6.71. The lowest BCUT2D eigenvalue weighted by Crippen LogP contribution is -2.32. The summed E-state index contributed by atoms with van der Waals surface area (Å²) in [7, 11) is 1.71. The average molecular weight is 437 g/mol. The number of benzene rings is 1. The van der Waals surface area contributed by atoms with Crippen LogP contribution in [0.15, 0.2) is 29.6 Å². The van der Waals surface area contributed by atoms with Gasteiger partial charge in [-0.1, -0.05) is 17.7 Å². The van der Waals surface area contributed by atoms with Crippen LogP contribution in [-0.2, 0) is 16.1 Å². The number of carbonyl (C=O) groups excluding carboxylic acids is 1. The summed E-state index contributed by atoms with van der Waals surface area (Å²) in [5.41, 5.74) is 1.86. The second-order valence-corrected chi connectivity index (χ2v) is 8.66. The molecule has 0 bridgehead atoms. The van der Waals surface area contributed by atoms with Gasteiger partial charge < -0.3 is 15.0 Å². The van der Waals surface area contributed by atoms with E-state index in [9.17, 15) is 4.79 Å². The summed E-state index contributed by atoms with van der Waals surface area (Å²) in [4.78, 5) is 21.8. The van der Waals surface area contributed by atoms with Gasteiger partial charge in [-0.15, -0.1) is 11.3 Å². The molecule has 1 amide bonds. The normalized spacial score (nSPS) is 17.1. The van der Waals surface area contributed by atoms with E-state index in [1.165, 1.54) is 0 Å². The van der Waals surface area contributed by atoms with Crippen molar-refractivity contribution in [2.45, 2.75) is 32.4 Å². The highest BCUT2D eigenvalue weighted by Gasteiger charge is 2.17. The fourth-order valence-electron chi connectivity index (χ4n) is 3.37. The Balaban J connectivity index is 1.41. The summed E-state index contributed by atoms with van der Waals surface area (Å²) in [6.07, 6.45) is 1.63. The van der Waals surface area contributed by atoms with Crippen LogP contribution in [0.3, 0.4) is 0 Å². The molecule has 2 aromatic rings. The highest BCUT2D eigenvalue weighted by atomic mass is 35.5. The first kappa shape index (κ1) is 22.2. The summed E-state index contributed by atoms with van der Waals surface area (Å²) in [6.45, 7) is 7.69. The summed E-state index contributed by atoms with van der Waals surface area (Å²) in [5.74, 6) is 0.0237. The van der Waals surface area contributed by atoms with E-state index in [4.69, 9.17) is 21.3 Å². The van der Waals surface area contributed by atoms with E-state index in [-0.39, 0.29) is 12.0 Å². The van der Waals surface area contributed by atoms with Crippen LogP contribution in [0.1, 0.15) is 36.6 Å². The Morgan fingerprint density at radius 2 is 2.10 bits per heavy atom. The number of carbonyl (C=O) groups is 1. The van der Waals surface area contributed by atoms with Gasteiger partial charge in [0.05, 0.1) is 5.69 Å². The molecule has 1 N–H and O–H groups in total. The number of hydrogen-bond donors (Lipinski definition) is 1. The third-order valence-corrected chi connectivity index (χ3v) is 6.39. The minimum Gasteiger partial charge on any atom is -0.375 e. The second-order valence-electron chi connectivity index (χ2n) is 7.33. The van der Waals surface area contributed by atoms with Gasteiger partial charge in [-0.3, -0.25) is 9.69 Å². The van der Waals surface area contributed by atoms with Gasteiger partial charge in [0.15, 0.2) is 0 Å². The van der Waals surface area contributed by atoms with E-state index < -0.39 is 0 Å². The number of aromatic nitrogens is 1. The highest BCUT2D eigenvalue weighted by Crippen LogP contribution is 2.21. The number of halogens is 1. The number of nitrogens with one attached hydrogen (secondary N) is 1. The maximum absolute atomic E-state index is 12.2. The zero-order valence-electron chi connectivity index (χ0n) is 17.1. The van der Waals surface area contributed by atoms with Gasteiger partial charge in [0.25, 0.3) is 0 Å². The standard InChI is InChI=1S/C21H29ClN4O2S/c1-16(28-2)21-24-19(15-29-21)14-26-9-4-8-25(11-12-26)10-7-20(27)23-18-6-3-5-17(22)13-18/h3,5-6,13,15-16H,4,7-12,14H2,1-2H3,(H,23,27). The van der Waals surface area contributed by atoms with E-state index in [1.54, 1.807) is 30.6 Å². The molecule has 1 aromatic heterocycles. The molecule has 8 heteroatoms. The van der Waals surface area contributed by atoms with Crippen molar-refractivity contribution in [3.05, 3.63) is 45.4 Å². The largest absolute Gasteiger partial charge is 0.375 e.